The van der Waals surface area contributed by atoms with Crippen molar-refractivity contribution in [3.8, 4) is 16.9 Å². The van der Waals surface area contributed by atoms with Crippen LogP contribution in [0.25, 0.3) is 11.1 Å². The van der Waals surface area contributed by atoms with Gasteiger partial charge in [-0.3, -0.25) is 4.79 Å². The van der Waals surface area contributed by atoms with Crippen LogP contribution in [-0.4, -0.2) is 25.7 Å². The lowest BCUT2D eigenvalue weighted by molar-refractivity contribution is 0.101. The van der Waals surface area contributed by atoms with Crippen LogP contribution in [0.15, 0.2) is 53.9 Å². The Morgan fingerprint density at radius 2 is 1.94 bits per heavy atom. The number of aryl methyl sites for hydroxylation is 1. The van der Waals surface area contributed by atoms with Gasteiger partial charge in [0.1, 0.15) is 5.75 Å². The summed E-state index contributed by atoms with van der Waals surface area (Å²) in [4.78, 5) is 24.5. The molecule has 1 aromatic heterocycles. The fourth-order valence-electron chi connectivity index (χ4n) is 3.11. The van der Waals surface area contributed by atoms with Crippen LogP contribution in [0.5, 0.6) is 5.75 Å². The number of nitrogens with two attached hydrogens (primary N) is 1. The Hall–Kier alpha value is -2.84. The summed E-state index contributed by atoms with van der Waals surface area (Å²) >= 11 is 4.79. The number of carbonyl (C=O) groups is 2. The number of ether oxygens (including phenoxy) is 2. The number of halogens is 1. The minimum atomic E-state index is -0.782. The molecular formula is C23H23BrN2O4S. The summed E-state index contributed by atoms with van der Waals surface area (Å²) in [6, 6.07) is 15.4. The SMILES string of the molecule is COc1ccc(N(Br)C(=O)c2cc(-c3cccc(C(C)COC(N)=O)c3)cs2)c(C)c1. The molecule has 2 amide bonds. The molecule has 2 N–H and O–H groups in total. The Morgan fingerprint density at radius 3 is 2.61 bits per heavy atom. The van der Waals surface area contributed by atoms with Crippen LogP contribution in [-0.2, 0) is 4.74 Å². The van der Waals surface area contributed by atoms with Crippen molar-refractivity contribution in [3.63, 3.8) is 0 Å². The molecule has 0 saturated heterocycles. The third-order valence-corrected chi connectivity index (χ3v) is 6.49. The molecular weight excluding hydrogens is 480 g/mol. The molecule has 0 aliphatic carbocycles. The fraction of sp³-hybridized carbons (Fsp3) is 0.217. The zero-order valence-corrected chi connectivity index (χ0v) is 19.8. The maximum absolute atomic E-state index is 13.0. The smallest absolute Gasteiger partial charge is 0.404 e. The quantitative estimate of drug-likeness (QED) is 0.408. The van der Waals surface area contributed by atoms with E-state index in [0.29, 0.717) is 4.88 Å². The summed E-state index contributed by atoms with van der Waals surface area (Å²) in [6.45, 7) is 4.10. The van der Waals surface area contributed by atoms with Gasteiger partial charge in [0.25, 0.3) is 5.91 Å². The highest BCUT2D eigenvalue weighted by molar-refractivity contribution is 9.10. The van der Waals surface area contributed by atoms with Crippen molar-refractivity contribution in [2.24, 2.45) is 5.73 Å². The van der Waals surface area contributed by atoms with Crippen LogP contribution in [0.2, 0.25) is 0 Å². The van der Waals surface area contributed by atoms with Crippen molar-refractivity contribution < 1.29 is 19.1 Å². The predicted molar refractivity (Wildman–Crippen MR) is 127 cm³/mol. The molecule has 6 nitrogen and oxygen atoms in total. The number of rotatable bonds is 7. The molecule has 2 aromatic carbocycles. The van der Waals surface area contributed by atoms with Gasteiger partial charge in [-0.15, -0.1) is 11.3 Å². The normalized spacial score (nSPS) is 11.6. The standard InChI is InChI=1S/C23H23BrN2O4S/c1-14-9-19(29-3)7-8-20(14)26(24)22(27)21-11-18(13-31-21)17-6-4-5-16(10-17)15(2)12-30-23(25)28/h4-11,13,15H,12H2,1-3H3,(H2,25,28). The zero-order valence-electron chi connectivity index (χ0n) is 17.4. The molecule has 1 unspecified atom stereocenters. The van der Waals surface area contributed by atoms with Crippen molar-refractivity contribution in [1.29, 1.82) is 0 Å². The van der Waals surface area contributed by atoms with Crippen LogP contribution in [0, 0.1) is 6.92 Å². The Balaban J connectivity index is 1.79. The lowest BCUT2D eigenvalue weighted by atomic mass is 9.98. The van der Waals surface area contributed by atoms with E-state index in [1.165, 1.54) is 15.3 Å². The van der Waals surface area contributed by atoms with Crippen LogP contribution < -0.4 is 14.4 Å². The lowest BCUT2D eigenvalue weighted by Gasteiger charge is -2.16. The first-order valence-electron chi connectivity index (χ1n) is 9.56. The molecule has 3 rings (SSSR count). The molecule has 1 heterocycles. The molecule has 0 saturated carbocycles. The fourth-order valence-corrected chi connectivity index (χ4v) is 4.66. The minimum absolute atomic E-state index is 0.00303. The number of hydrogen-bond donors (Lipinski definition) is 1. The van der Waals surface area contributed by atoms with E-state index in [1.54, 1.807) is 7.11 Å². The van der Waals surface area contributed by atoms with Crippen molar-refractivity contribution >= 4 is 45.2 Å². The van der Waals surface area contributed by atoms with E-state index in [1.807, 2.05) is 67.8 Å². The van der Waals surface area contributed by atoms with E-state index in [4.69, 9.17) is 15.2 Å². The van der Waals surface area contributed by atoms with E-state index in [2.05, 4.69) is 16.1 Å². The second kappa shape index (κ2) is 9.98. The number of amides is 2. The third kappa shape index (κ3) is 5.45. The largest absolute Gasteiger partial charge is 0.497 e. The Kier molecular flexibility index (Phi) is 7.35. The van der Waals surface area contributed by atoms with E-state index < -0.39 is 6.09 Å². The van der Waals surface area contributed by atoms with Crippen molar-refractivity contribution in [2.75, 3.05) is 17.6 Å². The number of primary amides is 1. The van der Waals surface area contributed by atoms with Gasteiger partial charge in [-0.1, -0.05) is 31.2 Å². The molecule has 0 bridgehead atoms. The second-order valence-electron chi connectivity index (χ2n) is 7.09. The number of anilines is 1. The Morgan fingerprint density at radius 1 is 1.16 bits per heavy atom. The molecule has 0 radical (unpaired) electrons. The number of thiophene rings is 1. The first kappa shape index (κ1) is 22.8. The lowest BCUT2D eigenvalue weighted by Crippen LogP contribution is -2.19. The summed E-state index contributed by atoms with van der Waals surface area (Å²) in [5.41, 5.74) is 9.69. The summed E-state index contributed by atoms with van der Waals surface area (Å²) in [5, 5.41) is 1.96. The zero-order chi connectivity index (χ0) is 22.5. The molecule has 31 heavy (non-hydrogen) atoms. The Bertz CT molecular complexity index is 1100. The monoisotopic (exact) mass is 502 g/mol. The molecule has 0 spiro atoms. The number of benzene rings is 2. The van der Waals surface area contributed by atoms with Crippen molar-refractivity contribution in [2.45, 2.75) is 19.8 Å². The predicted octanol–water partition coefficient (Wildman–Crippen LogP) is 5.89. The topological polar surface area (TPSA) is 81.9 Å². The number of hydrogen-bond acceptors (Lipinski definition) is 5. The highest BCUT2D eigenvalue weighted by atomic mass is 79.9. The van der Waals surface area contributed by atoms with Crippen LogP contribution in [0.3, 0.4) is 0 Å². The van der Waals surface area contributed by atoms with Gasteiger partial charge in [0.15, 0.2) is 0 Å². The van der Waals surface area contributed by atoms with Gasteiger partial charge in [0.2, 0.25) is 0 Å². The molecule has 8 heteroatoms. The van der Waals surface area contributed by atoms with E-state index >= 15 is 0 Å². The van der Waals surface area contributed by atoms with Crippen LogP contribution >= 0.6 is 27.5 Å². The van der Waals surface area contributed by atoms with Gasteiger partial charge < -0.3 is 15.2 Å². The molecule has 1 atom stereocenters. The summed E-state index contributed by atoms with van der Waals surface area (Å²) in [5.74, 6) is 0.593. The average molecular weight is 503 g/mol. The first-order valence-corrected chi connectivity index (χ1v) is 11.1. The molecule has 0 aliphatic heterocycles. The highest BCUT2D eigenvalue weighted by Gasteiger charge is 2.20. The van der Waals surface area contributed by atoms with E-state index in [9.17, 15) is 9.59 Å². The van der Waals surface area contributed by atoms with Crippen LogP contribution in [0.4, 0.5) is 10.5 Å². The van der Waals surface area contributed by atoms with Crippen molar-refractivity contribution in [1.82, 2.24) is 0 Å². The second-order valence-corrected chi connectivity index (χ2v) is 8.72. The summed E-state index contributed by atoms with van der Waals surface area (Å²) in [7, 11) is 1.61. The van der Waals surface area contributed by atoms with E-state index in [0.717, 1.165) is 33.7 Å². The summed E-state index contributed by atoms with van der Waals surface area (Å²) in [6.07, 6.45) is -0.782. The number of carbonyl (C=O) groups excluding carboxylic acids is 2. The maximum atomic E-state index is 13.0. The van der Waals surface area contributed by atoms with Gasteiger partial charge in [0, 0.05) is 5.92 Å². The maximum Gasteiger partial charge on any atom is 0.404 e. The molecule has 0 aliphatic rings. The average Bonchev–Trinajstić information content (AvgIpc) is 3.26. The number of nitrogens with zero attached hydrogens (tertiary/aromatic N) is 1. The van der Waals surface area contributed by atoms with Gasteiger partial charge in [0.05, 0.1) is 40.4 Å². The molecule has 0 fully saturated rings. The van der Waals surface area contributed by atoms with Crippen molar-refractivity contribution in [3.05, 3.63) is 69.9 Å². The summed E-state index contributed by atoms with van der Waals surface area (Å²) < 4.78 is 11.6. The first-order chi connectivity index (χ1) is 14.8. The number of methoxy groups -OCH3 is 1. The minimum Gasteiger partial charge on any atom is -0.497 e. The molecule has 3 aromatic rings. The highest BCUT2D eigenvalue weighted by Crippen LogP contribution is 2.32. The van der Waals surface area contributed by atoms with Gasteiger partial charge in [-0.25, -0.2) is 8.72 Å². The van der Waals surface area contributed by atoms with Crippen LogP contribution in [0.1, 0.15) is 33.6 Å². The van der Waals surface area contributed by atoms with Gasteiger partial charge in [-0.05, 0) is 58.8 Å². The molecule has 162 valence electrons. The van der Waals surface area contributed by atoms with Gasteiger partial charge >= 0.3 is 6.09 Å². The Labute approximate surface area is 193 Å². The van der Waals surface area contributed by atoms with E-state index in [-0.39, 0.29) is 18.4 Å². The van der Waals surface area contributed by atoms with Gasteiger partial charge in [-0.2, -0.15) is 0 Å². The third-order valence-electron chi connectivity index (χ3n) is 4.87.